The fourth-order valence-corrected chi connectivity index (χ4v) is 3.78. The molecule has 0 aliphatic rings. The van der Waals surface area contributed by atoms with Gasteiger partial charge < -0.3 is 25.2 Å². The van der Waals surface area contributed by atoms with Crippen LogP contribution in [0, 0.1) is 6.92 Å². The summed E-state index contributed by atoms with van der Waals surface area (Å²) in [5, 5.41) is 15.6. The number of amides is 2. The lowest BCUT2D eigenvalue weighted by Crippen LogP contribution is -2.19. The van der Waals surface area contributed by atoms with Gasteiger partial charge in [-0.2, -0.15) is 0 Å². The highest BCUT2D eigenvalue weighted by Gasteiger charge is 2.16. The van der Waals surface area contributed by atoms with E-state index in [9.17, 15) is 14.7 Å². The fraction of sp³-hybridized carbons (Fsp3) is 0.0714. The molecule has 2 amide bonds. The molecule has 0 saturated heterocycles. The zero-order valence-electron chi connectivity index (χ0n) is 19.5. The van der Waals surface area contributed by atoms with Crippen molar-refractivity contribution in [1.82, 2.24) is 0 Å². The number of aromatic carboxylic acids is 1. The maximum Gasteiger partial charge on any atom is 0.339 e. The number of urea groups is 1. The number of benzene rings is 4. The number of carboxylic acid groups (broad SMARTS) is 1. The van der Waals surface area contributed by atoms with Crippen LogP contribution in [0.2, 0.25) is 5.02 Å². The van der Waals surface area contributed by atoms with E-state index in [0.29, 0.717) is 39.0 Å². The SMILES string of the molecule is COc1ccc(-c2ccc(Oc3ccccc3Cl)c(NC(=O)Nc3cccc(C)c3)c2)cc1C(=O)O. The third-order valence-electron chi connectivity index (χ3n) is 5.32. The monoisotopic (exact) mass is 502 g/mol. The van der Waals surface area contributed by atoms with Gasteiger partial charge in [-0.05, 0) is 72.1 Å². The van der Waals surface area contributed by atoms with Crippen LogP contribution in [0.1, 0.15) is 15.9 Å². The van der Waals surface area contributed by atoms with Crippen molar-refractivity contribution in [3.05, 3.63) is 101 Å². The Kier molecular flexibility index (Phi) is 7.42. The molecule has 4 aromatic carbocycles. The largest absolute Gasteiger partial charge is 0.496 e. The summed E-state index contributed by atoms with van der Waals surface area (Å²) in [6.45, 7) is 1.93. The molecule has 36 heavy (non-hydrogen) atoms. The second-order valence-electron chi connectivity index (χ2n) is 7.91. The lowest BCUT2D eigenvalue weighted by molar-refractivity contribution is 0.0693. The van der Waals surface area contributed by atoms with Gasteiger partial charge in [0.1, 0.15) is 17.1 Å². The van der Waals surface area contributed by atoms with Crippen LogP contribution >= 0.6 is 11.6 Å². The van der Waals surface area contributed by atoms with Crippen molar-refractivity contribution in [3.8, 4) is 28.4 Å². The van der Waals surface area contributed by atoms with Crippen LogP contribution in [0.5, 0.6) is 17.2 Å². The average molecular weight is 503 g/mol. The van der Waals surface area contributed by atoms with Gasteiger partial charge in [0.15, 0.2) is 5.75 Å². The van der Waals surface area contributed by atoms with Crippen molar-refractivity contribution in [2.24, 2.45) is 0 Å². The molecule has 7 nitrogen and oxygen atoms in total. The van der Waals surface area contributed by atoms with Crippen molar-refractivity contribution in [1.29, 1.82) is 0 Å². The molecule has 0 aliphatic heterocycles. The van der Waals surface area contributed by atoms with Gasteiger partial charge in [0.25, 0.3) is 0 Å². The molecule has 0 atom stereocenters. The number of hydrogen-bond acceptors (Lipinski definition) is 4. The summed E-state index contributed by atoms with van der Waals surface area (Å²) in [7, 11) is 1.41. The highest BCUT2D eigenvalue weighted by molar-refractivity contribution is 6.32. The van der Waals surface area contributed by atoms with Crippen LogP contribution in [-0.2, 0) is 0 Å². The Balaban J connectivity index is 1.70. The summed E-state index contributed by atoms with van der Waals surface area (Å²) in [6.07, 6.45) is 0. The Morgan fingerprint density at radius 1 is 0.806 bits per heavy atom. The average Bonchev–Trinajstić information content (AvgIpc) is 2.86. The van der Waals surface area contributed by atoms with Gasteiger partial charge in [-0.25, -0.2) is 9.59 Å². The molecule has 0 aromatic heterocycles. The predicted octanol–water partition coefficient (Wildman–Crippen LogP) is 7.46. The van der Waals surface area contributed by atoms with E-state index in [1.165, 1.54) is 13.2 Å². The molecule has 0 saturated carbocycles. The molecule has 0 fully saturated rings. The number of para-hydroxylation sites is 1. The number of anilines is 2. The Morgan fingerprint density at radius 3 is 2.22 bits per heavy atom. The van der Waals surface area contributed by atoms with Crippen molar-refractivity contribution in [3.63, 3.8) is 0 Å². The highest BCUT2D eigenvalue weighted by atomic mass is 35.5. The van der Waals surface area contributed by atoms with Crippen molar-refractivity contribution >= 4 is 35.0 Å². The van der Waals surface area contributed by atoms with Crippen LogP contribution in [0.15, 0.2) is 84.9 Å². The molecule has 0 aliphatic carbocycles. The van der Waals surface area contributed by atoms with E-state index < -0.39 is 12.0 Å². The summed E-state index contributed by atoms with van der Waals surface area (Å²) in [4.78, 5) is 24.5. The van der Waals surface area contributed by atoms with Crippen molar-refractivity contribution in [2.45, 2.75) is 6.92 Å². The number of methoxy groups -OCH3 is 1. The third kappa shape index (κ3) is 5.76. The maximum atomic E-state index is 12.8. The van der Waals surface area contributed by atoms with Gasteiger partial charge in [-0.15, -0.1) is 0 Å². The van der Waals surface area contributed by atoms with E-state index in [1.54, 1.807) is 60.7 Å². The van der Waals surface area contributed by atoms with E-state index in [1.807, 2.05) is 25.1 Å². The molecule has 0 heterocycles. The standard InChI is InChI=1S/C28H23ClN2O5/c1-17-6-5-7-20(14-17)30-28(34)31-23-16-19(18-10-12-24(35-2)21(15-18)27(32)33)11-13-26(23)36-25-9-4-3-8-22(25)29/h3-16H,1-2H3,(H,32,33)(H2,30,31,34). The van der Waals surface area contributed by atoms with E-state index in [0.717, 1.165) is 5.56 Å². The fourth-order valence-electron chi connectivity index (χ4n) is 3.60. The molecule has 0 bridgehead atoms. The van der Waals surface area contributed by atoms with Crippen LogP contribution < -0.4 is 20.1 Å². The summed E-state index contributed by atoms with van der Waals surface area (Å²) >= 11 is 6.26. The zero-order valence-corrected chi connectivity index (χ0v) is 20.3. The number of rotatable bonds is 7. The van der Waals surface area contributed by atoms with Gasteiger partial charge >= 0.3 is 12.0 Å². The maximum absolute atomic E-state index is 12.8. The van der Waals surface area contributed by atoms with E-state index in [-0.39, 0.29) is 11.3 Å². The molecule has 4 aromatic rings. The van der Waals surface area contributed by atoms with Gasteiger partial charge in [-0.3, -0.25) is 0 Å². The second-order valence-corrected chi connectivity index (χ2v) is 8.32. The number of ether oxygens (including phenoxy) is 2. The molecule has 0 spiro atoms. The molecule has 0 unspecified atom stereocenters. The summed E-state index contributed by atoms with van der Waals surface area (Å²) in [5.74, 6) is -0.0751. The Bertz CT molecular complexity index is 1440. The van der Waals surface area contributed by atoms with Crippen molar-refractivity contribution < 1.29 is 24.2 Å². The summed E-state index contributed by atoms with van der Waals surface area (Å²) in [6, 6.07) is 23.9. The number of carboxylic acids is 1. The van der Waals surface area contributed by atoms with Crippen LogP contribution in [0.4, 0.5) is 16.2 Å². The zero-order chi connectivity index (χ0) is 25.7. The summed E-state index contributed by atoms with van der Waals surface area (Å²) in [5.41, 5.74) is 3.32. The van der Waals surface area contributed by atoms with Gasteiger partial charge in [0.05, 0.1) is 17.8 Å². The topological polar surface area (TPSA) is 96.9 Å². The van der Waals surface area contributed by atoms with Crippen molar-refractivity contribution in [2.75, 3.05) is 17.7 Å². The normalized spacial score (nSPS) is 10.4. The van der Waals surface area contributed by atoms with E-state index in [2.05, 4.69) is 10.6 Å². The van der Waals surface area contributed by atoms with Gasteiger partial charge in [0, 0.05) is 5.69 Å². The number of aryl methyl sites for hydroxylation is 1. The number of carbonyl (C=O) groups is 2. The minimum absolute atomic E-state index is 0.0260. The minimum Gasteiger partial charge on any atom is -0.496 e. The first-order valence-electron chi connectivity index (χ1n) is 11.0. The van der Waals surface area contributed by atoms with Gasteiger partial charge in [-0.1, -0.05) is 48.0 Å². The number of carbonyl (C=O) groups excluding carboxylic acids is 1. The lowest BCUT2D eigenvalue weighted by Gasteiger charge is -2.16. The van der Waals surface area contributed by atoms with Crippen LogP contribution in [-0.4, -0.2) is 24.2 Å². The van der Waals surface area contributed by atoms with Gasteiger partial charge in [0.2, 0.25) is 0 Å². The number of nitrogens with one attached hydrogen (secondary N) is 2. The second kappa shape index (κ2) is 10.8. The number of hydrogen-bond donors (Lipinski definition) is 3. The smallest absolute Gasteiger partial charge is 0.339 e. The lowest BCUT2D eigenvalue weighted by atomic mass is 10.0. The minimum atomic E-state index is -1.11. The number of halogens is 1. The molecule has 8 heteroatoms. The van der Waals surface area contributed by atoms with Crippen LogP contribution in [0.3, 0.4) is 0 Å². The Morgan fingerprint density at radius 2 is 1.53 bits per heavy atom. The molecule has 4 rings (SSSR count). The Hall–Kier alpha value is -4.49. The first-order valence-corrected chi connectivity index (χ1v) is 11.3. The quantitative estimate of drug-likeness (QED) is 0.244. The summed E-state index contributed by atoms with van der Waals surface area (Å²) < 4.78 is 11.2. The highest BCUT2D eigenvalue weighted by Crippen LogP contribution is 2.37. The third-order valence-corrected chi connectivity index (χ3v) is 5.64. The van der Waals surface area contributed by atoms with Crippen LogP contribution in [0.25, 0.3) is 11.1 Å². The predicted molar refractivity (Wildman–Crippen MR) is 141 cm³/mol. The molecule has 3 N–H and O–H groups in total. The van der Waals surface area contributed by atoms with E-state index >= 15 is 0 Å². The molecule has 0 radical (unpaired) electrons. The first-order chi connectivity index (χ1) is 17.3. The van der Waals surface area contributed by atoms with E-state index in [4.69, 9.17) is 21.1 Å². The molecular weight excluding hydrogens is 480 g/mol. The molecule has 182 valence electrons. The molecular formula is C28H23ClN2O5. The first kappa shape index (κ1) is 24.6. The Labute approximate surface area is 213 Å².